The third kappa shape index (κ3) is 3.68. The van der Waals surface area contributed by atoms with Crippen molar-refractivity contribution in [2.75, 3.05) is 38.2 Å². The molecule has 0 unspecified atom stereocenters. The number of anilines is 1. The van der Waals surface area contributed by atoms with Crippen molar-refractivity contribution in [1.82, 2.24) is 4.90 Å². The first-order valence-electron chi connectivity index (χ1n) is 8.45. The van der Waals surface area contributed by atoms with Gasteiger partial charge in [-0.3, -0.25) is 4.79 Å². The Morgan fingerprint density at radius 1 is 1.08 bits per heavy atom. The van der Waals surface area contributed by atoms with Crippen molar-refractivity contribution in [3.05, 3.63) is 45.8 Å². The summed E-state index contributed by atoms with van der Waals surface area (Å²) in [7, 11) is 1.67. The molecule has 0 saturated carbocycles. The molecule has 0 bridgehead atoms. The van der Waals surface area contributed by atoms with Crippen LogP contribution in [0.1, 0.15) is 28.3 Å². The van der Waals surface area contributed by atoms with Gasteiger partial charge < -0.3 is 19.0 Å². The first-order chi connectivity index (χ1) is 12.0. The van der Waals surface area contributed by atoms with Gasteiger partial charge in [0, 0.05) is 31.9 Å². The third-order valence-corrected chi connectivity index (χ3v) is 5.58. The minimum absolute atomic E-state index is 0.0396. The van der Waals surface area contributed by atoms with Crippen LogP contribution < -0.4 is 9.64 Å². The largest absolute Gasteiger partial charge is 0.497 e. The van der Waals surface area contributed by atoms with Crippen molar-refractivity contribution >= 4 is 27.5 Å². The predicted molar refractivity (Wildman–Crippen MR) is 102 cm³/mol. The van der Waals surface area contributed by atoms with E-state index >= 15 is 0 Å². The van der Waals surface area contributed by atoms with E-state index in [0.717, 1.165) is 47.7 Å². The van der Waals surface area contributed by atoms with Crippen LogP contribution in [0.4, 0.5) is 5.69 Å². The monoisotopic (exact) mass is 406 g/mol. The lowest BCUT2D eigenvalue weighted by atomic mass is 10.2. The van der Waals surface area contributed by atoms with Gasteiger partial charge in [-0.1, -0.05) is 0 Å². The fourth-order valence-electron chi connectivity index (χ4n) is 3.23. The molecule has 1 aromatic heterocycles. The van der Waals surface area contributed by atoms with E-state index in [1.807, 2.05) is 30.9 Å². The molecule has 2 heterocycles. The van der Waals surface area contributed by atoms with Crippen LogP contribution >= 0.6 is 15.9 Å². The topological polar surface area (TPSA) is 45.9 Å². The number of carbonyl (C=O) groups excluding carboxylic acids is 1. The lowest BCUT2D eigenvalue weighted by molar-refractivity contribution is 0.0764. The number of rotatable bonds is 3. The maximum Gasteiger partial charge on any atom is 0.258 e. The summed E-state index contributed by atoms with van der Waals surface area (Å²) in [6.45, 7) is 6.89. The van der Waals surface area contributed by atoms with Crippen LogP contribution in [0, 0.1) is 13.8 Å². The van der Waals surface area contributed by atoms with Crippen molar-refractivity contribution in [2.24, 2.45) is 0 Å². The summed E-state index contributed by atoms with van der Waals surface area (Å²) < 4.78 is 11.6. The molecule has 1 aromatic carbocycles. The molecule has 0 atom stereocenters. The number of benzene rings is 1. The van der Waals surface area contributed by atoms with Gasteiger partial charge in [0.15, 0.2) is 0 Å². The Balaban J connectivity index is 1.71. The van der Waals surface area contributed by atoms with Crippen molar-refractivity contribution < 1.29 is 13.9 Å². The van der Waals surface area contributed by atoms with Gasteiger partial charge in [0.05, 0.1) is 17.1 Å². The Kier molecular flexibility index (Phi) is 5.37. The number of furan rings is 1. The molecule has 5 nitrogen and oxygen atoms in total. The van der Waals surface area contributed by atoms with E-state index < -0.39 is 0 Å². The van der Waals surface area contributed by atoms with Crippen LogP contribution in [-0.2, 0) is 0 Å². The number of nitrogens with zero attached hydrogens (tertiary/aromatic N) is 2. The molecule has 1 amide bonds. The maximum absolute atomic E-state index is 12.9. The van der Waals surface area contributed by atoms with E-state index in [2.05, 4.69) is 33.0 Å². The quantitative estimate of drug-likeness (QED) is 0.771. The summed E-state index contributed by atoms with van der Waals surface area (Å²) in [5.74, 6) is 2.31. The van der Waals surface area contributed by atoms with Crippen LogP contribution in [0.2, 0.25) is 0 Å². The second kappa shape index (κ2) is 7.52. The highest BCUT2D eigenvalue weighted by atomic mass is 79.9. The zero-order valence-electron chi connectivity index (χ0n) is 14.8. The molecule has 1 aliphatic heterocycles. The fraction of sp³-hybridized carbons (Fsp3) is 0.421. The van der Waals surface area contributed by atoms with Crippen LogP contribution in [0.15, 0.2) is 33.2 Å². The standard InChI is InChI=1S/C19H23BrN2O3/c1-13-17(18(20)14(2)25-13)19(23)22-10-4-9-21(11-12-22)15-5-7-16(24-3)8-6-15/h5-8H,4,9-12H2,1-3H3. The molecule has 1 aliphatic rings. The highest BCUT2D eigenvalue weighted by molar-refractivity contribution is 9.10. The highest BCUT2D eigenvalue weighted by Crippen LogP contribution is 2.29. The van der Waals surface area contributed by atoms with E-state index in [-0.39, 0.29) is 5.91 Å². The van der Waals surface area contributed by atoms with Gasteiger partial charge in [-0.25, -0.2) is 0 Å². The Hall–Kier alpha value is -1.95. The van der Waals surface area contributed by atoms with Crippen molar-refractivity contribution in [2.45, 2.75) is 20.3 Å². The second-order valence-electron chi connectivity index (χ2n) is 6.23. The molecule has 25 heavy (non-hydrogen) atoms. The molecule has 1 fully saturated rings. The van der Waals surface area contributed by atoms with E-state index in [1.165, 1.54) is 0 Å². The fourth-order valence-corrected chi connectivity index (χ4v) is 3.76. The first kappa shape index (κ1) is 17.9. The number of hydrogen-bond acceptors (Lipinski definition) is 4. The Morgan fingerprint density at radius 3 is 2.40 bits per heavy atom. The number of aryl methyl sites for hydroxylation is 2. The maximum atomic E-state index is 12.9. The van der Waals surface area contributed by atoms with Gasteiger partial charge in [-0.05, 0) is 60.5 Å². The lowest BCUT2D eigenvalue weighted by Crippen LogP contribution is -2.35. The Labute approximate surface area is 156 Å². The molecular weight excluding hydrogens is 384 g/mol. The molecule has 1 saturated heterocycles. The number of carbonyl (C=O) groups is 1. The van der Waals surface area contributed by atoms with Gasteiger partial charge in [0.1, 0.15) is 17.3 Å². The minimum atomic E-state index is 0.0396. The summed E-state index contributed by atoms with van der Waals surface area (Å²) in [6, 6.07) is 8.07. The Morgan fingerprint density at radius 2 is 1.80 bits per heavy atom. The van der Waals surface area contributed by atoms with Gasteiger partial charge in [-0.2, -0.15) is 0 Å². The minimum Gasteiger partial charge on any atom is -0.497 e. The average molecular weight is 407 g/mol. The van der Waals surface area contributed by atoms with E-state index in [0.29, 0.717) is 17.9 Å². The Bertz CT molecular complexity index is 755. The summed E-state index contributed by atoms with van der Waals surface area (Å²) in [6.07, 6.45) is 0.936. The van der Waals surface area contributed by atoms with Crippen LogP contribution in [0.3, 0.4) is 0 Å². The van der Waals surface area contributed by atoms with E-state index in [9.17, 15) is 4.79 Å². The molecular formula is C19H23BrN2O3. The van der Waals surface area contributed by atoms with Crippen molar-refractivity contribution in [3.63, 3.8) is 0 Å². The number of ether oxygens (including phenoxy) is 1. The normalized spacial score (nSPS) is 15.2. The predicted octanol–water partition coefficient (Wildman–Crippen LogP) is 4.02. The number of methoxy groups -OCH3 is 1. The van der Waals surface area contributed by atoms with E-state index in [1.54, 1.807) is 7.11 Å². The van der Waals surface area contributed by atoms with Gasteiger partial charge in [-0.15, -0.1) is 0 Å². The summed E-state index contributed by atoms with van der Waals surface area (Å²) in [5.41, 5.74) is 1.81. The molecule has 6 heteroatoms. The molecule has 3 rings (SSSR count). The SMILES string of the molecule is COc1ccc(N2CCCN(C(=O)c3c(C)oc(C)c3Br)CC2)cc1. The van der Waals surface area contributed by atoms with Crippen molar-refractivity contribution in [1.29, 1.82) is 0 Å². The molecule has 0 spiro atoms. The zero-order chi connectivity index (χ0) is 18.0. The summed E-state index contributed by atoms with van der Waals surface area (Å²) in [5, 5.41) is 0. The van der Waals surface area contributed by atoms with Gasteiger partial charge in [0.2, 0.25) is 0 Å². The molecule has 2 aromatic rings. The zero-order valence-corrected chi connectivity index (χ0v) is 16.4. The van der Waals surface area contributed by atoms with Crippen LogP contribution in [-0.4, -0.2) is 44.1 Å². The molecule has 0 radical (unpaired) electrons. The lowest BCUT2D eigenvalue weighted by Gasteiger charge is -2.24. The van der Waals surface area contributed by atoms with E-state index in [4.69, 9.17) is 9.15 Å². The summed E-state index contributed by atoms with van der Waals surface area (Å²) in [4.78, 5) is 17.2. The van der Waals surface area contributed by atoms with Crippen LogP contribution in [0.5, 0.6) is 5.75 Å². The highest BCUT2D eigenvalue weighted by Gasteiger charge is 2.26. The smallest absolute Gasteiger partial charge is 0.258 e. The molecule has 0 N–H and O–H groups in total. The van der Waals surface area contributed by atoms with Crippen molar-refractivity contribution in [3.8, 4) is 5.75 Å². The molecule has 0 aliphatic carbocycles. The second-order valence-corrected chi connectivity index (χ2v) is 7.03. The average Bonchev–Trinajstić information content (AvgIpc) is 2.80. The third-order valence-electron chi connectivity index (χ3n) is 4.62. The molecule has 134 valence electrons. The van der Waals surface area contributed by atoms with Crippen LogP contribution in [0.25, 0.3) is 0 Å². The number of halogens is 1. The first-order valence-corrected chi connectivity index (χ1v) is 9.24. The van der Waals surface area contributed by atoms with Gasteiger partial charge in [0.25, 0.3) is 5.91 Å². The van der Waals surface area contributed by atoms with Gasteiger partial charge >= 0.3 is 0 Å². The number of amides is 1. The number of hydrogen-bond donors (Lipinski definition) is 0. The summed E-state index contributed by atoms with van der Waals surface area (Å²) >= 11 is 3.49.